The average Bonchev–Trinajstić information content (AvgIpc) is 3.24. The molecule has 1 rings (SSSR count). The number of hydrogen-bond acceptors (Lipinski definition) is 1. The zero-order chi connectivity index (χ0) is 15.2. The number of ether oxygens (including phenoxy) is 1. The highest BCUT2D eigenvalue weighted by Crippen LogP contribution is 2.30. The lowest BCUT2D eigenvalue weighted by molar-refractivity contribution is 0.358. The zero-order valence-electron chi connectivity index (χ0n) is 14.4. The SMILES string of the molecule is CC/C=C\C/C=C\C[C@@H]1O[C@@H]1CCCCCCCCCC. The summed E-state index contributed by atoms with van der Waals surface area (Å²) in [5.41, 5.74) is 0. The van der Waals surface area contributed by atoms with Gasteiger partial charge in [0.05, 0.1) is 12.2 Å². The molecule has 122 valence electrons. The second-order valence-corrected chi connectivity index (χ2v) is 6.30. The van der Waals surface area contributed by atoms with Crippen LogP contribution < -0.4 is 0 Å². The Morgan fingerprint density at radius 2 is 1.38 bits per heavy atom. The molecule has 0 amide bonds. The van der Waals surface area contributed by atoms with Crippen molar-refractivity contribution >= 4 is 0 Å². The summed E-state index contributed by atoms with van der Waals surface area (Å²) in [6.45, 7) is 4.46. The van der Waals surface area contributed by atoms with Crippen molar-refractivity contribution in [3.63, 3.8) is 0 Å². The van der Waals surface area contributed by atoms with Crippen molar-refractivity contribution in [1.29, 1.82) is 0 Å². The molecule has 1 aliphatic rings. The van der Waals surface area contributed by atoms with Crippen LogP contribution in [0.3, 0.4) is 0 Å². The van der Waals surface area contributed by atoms with Gasteiger partial charge in [-0.2, -0.15) is 0 Å². The van der Waals surface area contributed by atoms with E-state index in [-0.39, 0.29) is 0 Å². The summed E-state index contributed by atoms with van der Waals surface area (Å²) >= 11 is 0. The largest absolute Gasteiger partial charge is 0.369 e. The third kappa shape index (κ3) is 10.8. The fourth-order valence-corrected chi connectivity index (χ4v) is 2.79. The first-order chi connectivity index (χ1) is 10.4. The van der Waals surface area contributed by atoms with Crippen LogP contribution in [0.1, 0.15) is 90.9 Å². The quantitative estimate of drug-likeness (QED) is 0.200. The number of hydrogen-bond donors (Lipinski definition) is 0. The fraction of sp³-hybridized carbons (Fsp3) is 0.800. The third-order valence-corrected chi connectivity index (χ3v) is 4.24. The fourth-order valence-electron chi connectivity index (χ4n) is 2.79. The van der Waals surface area contributed by atoms with E-state index in [0.717, 1.165) is 19.3 Å². The van der Waals surface area contributed by atoms with Gasteiger partial charge in [-0.05, 0) is 25.7 Å². The minimum Gasteiger partial charge on any atom is -0.369 e. The topological polar surface area (TPSA) is 12.5 Å². The molecule has 0 aromatic heterocycles. The predicted molar refractivity (Wildman–Crippen MR) is 93.7 cm³/mol. The van der Waals surface area contributed by atoms with Crippen LogP contribution in [0, 0.1) is 0 Å². The van der Waals surface area contributed by atoms with Gasteiger partial charge in [0.25, 0.3) is 0 Å². The summed E-state index contributed by atoms with van der Waals surface area (Å²) in [5, 5.41) is 0. The number of rotatable bonds is 14. The van der Waals surface area contributed by atoms with Gasteiger partial charge < -0.3 is 4.74 Å². The molecular formula is C20H36O. The van der Waals surface area contributed by atoms with E-state index in [2.05, 4.69) is 38.2 Å². The molecular weight excluding hydrogens is 256 g/mol. The second kappa shape index (κ2) is 13.1. The molecule has 2 atom stereocenters. The number of unbranched alkanes of at least 4 members (excludes halogenated alkanes) is 7. The lowest BCUT2D eigenvalue weighted by atomic mass is 10.1. The third-order valence-electron chi connectivity index (χ3n) is 4.24. The Bertz CT molecular complexity index is 280. The summed E-state index contributed by atoms with van der Waals surface area (Å²) in [7, 11) is 0. The van der Waals surface area contributed by atoms with Crippen LogP contribution in [-0.2, 0) is 4.74 Å². The first-order valence-corrected chi connectivity index (χ1v) is 9.34. The molecule has 1 nitrogen and oxygen atoms in total. The maximum atomic E-state index is 5.74. The monoisotopic (exact) mass is 292 g/mol. The summed E-state index contributed by atoms with van der Waals surface area (Å²) in [6.07, 6.45) is 26.0. The molecule has 1 aliphatic heterocycles. The van der Waals surface area contributed by atoms with Crippen LogP contribution in [0.4, 0.5) is 0 Å². The summed E-state index contributed by atoms with van der Waals surface area (Å²) in [6, 6.07) is 0. The first-order valence-electron chi connectivity index (χ1n) is 9.34. The molecule has 0 aromatic rings. The Hall–Kier alpha value is -0.560. The lowest BCUT2D eigenvalue weighted by Crippen LogP contribution is -1.93. The highest BCUT2D eigenvalue weighted by atomic mass is 16.6. The molecule has 1 fully saturated rings. The molecule has 21 heavy (non-hydrogen) atoms. The van der Waals surface area contributed by atoms with Crippen LogP contribution in [0.5, 0.6) is 0 Å². The van der Waals surface area contributed by atoms with Gasteiger partial charge in [-0.15, -0.1) is 0 Å². The molecule has 1 saturated heterocycles. The van der Waals surface area contributed by atoms with E-state index in [4.69, 9.17) is 4.74 Å². The molecule has 1 heterocycles. The Morgan fingerprint density at radius 1 is 0.714 bits per heavy atom. The van der Waals surface area contributed by atoms with Crippen LogP contribution in [0.25, 0.3) is 0 Å². The van der Waals surface area contributed by atoms with E-state index in [0.29, 0.717) is 12.2 Å². The number of epoxide rings is 1. The van der Waals surface area contributed by atoms with Crippen molar-refractivity contribution in [2.24, 2.45) is 0 Å². The van der Waals surface area contributed by atoms with E-state index in [9.17, 15) is 0 Å². The molecule has 0 saturated carbocycles. The Balaban J connectivity index is 1.83. The normalized spacial score (nSPS) is 21.6. The average molecular weight is 293 g/mol. The van der Waals surface area contributed by atoms with E-state index >= 15 is 0 Å². The number of allylic oxidation sites excluding steroid dienone is 3. The van der Waals surface area contributed by atoms with Crippen LogP contribution in [0.2, 0.25) is 0 Å². The first kappa shape index (κ1) is 18.5. The molecule has 0 spiro atoms. The lowest BCUT2D eigenvalue weighted by Gasteiger charge is -2.00. The van der Waals surface area contributed by atoms with Crippen molar-refractivity contribution < 1.29 is 4.74 Å². The van der Waals surface area contributed by atoms with Gasteiger partial charge in [0.15, 0.2) is 0 Å². The Labute approximate surface area is 132 Å². The maximum absolute atomic E-state index is 5.74. The van der Waals surface area contributed by atoms with Gasteiger partial charge >= 0.3 is 0 Å². The highest BCUT2D eigenvalue weighted by molar-refractivity contribution is 4.97. The maximum Gasteiger partial charge on any atom is 0.0876 e. The molecule has 0 aliphatic carbocycles. The molecule has 0 radical (unpaired) electrons. The zero-order valence-corrected chi connectivity index (χ0v) is 14.4. The van der Waals surface area contributed by atoms with E-state index in [1.54, 1.807) is 0 Å². The summed E-state index contributed by atoms with van der Waals surface area (Å²) < 4.78 is 5.74. The molecule has 0 unspecified atom stereocenters. The second-order valence-electron chi connectivity index (χ2n) is 6.30. The van der Waals surface area contributed by atoms with Gasteiger partial charge in [-0.1, -0.05) is 89.5 Å². The van der Waals surface area contributed by atoms with Crippen molar-refractivity contribution in [3.05, 3.63) is 24.3 Å². The molecule has 0 aromatic carbocycles. The van der Waals surface area contributed by atoms with Gasteiger partial charge in [0.2, 0.25) is 0 Å². The standard InChI is InChI=1S/C20H36O/c1-3-5-7-9-11-12-14-16-18-20-19(21-20)17-15-13-10-8-6-4-2/h6,8,13,15,19-20H,3-5,7,9-12,14,16-18H2,1-2H3/b8-6-,15-13-/t19-,20+/m0/s1. The van der Waals surface area contributed by atoms with Crippen molar-refractivity contribution in [2.45, 2.75) is 103 Å². The minimum atomic E-state index is 0.529. The van der Waals surface area contributed by atoms with Gasteiger partial charge in [-0.25, -0.2) is 0 Å². The Kier molecular flexibility index (Phi) is 11.6. The molecule has 0 bridgehead atoms. The summed E-state index contributed by atoms with van der Waals surface area (Å²) in [4.78, 5) is 0. The van der Waals surface area contributed by atoms with Gasteiger partial charge in [0.1, 0.15) is 0 Å². The highest BCUT2D eigenvalue weighted by Gasteiger charge is 2.36. The van der Waals surface area contributed by atoms with Crippen molar-refractivity contribution in [3.8, 4) is 0 Å². The van der Waals surface area contributed by atoms with Crippen LogP contribution in [-0.4, -0.2) is 12.2 Å². The molecule has 1 heteroatoms. The van der Waals surface area contributed by atoms with E-state index < -0.39 is 0 Å². The van der Waals surface area contributed by atoms with Gasteiger partial charge in [0, 0.05) is 0 Å². The Morgan fingerprint density at radius 3 is 2.10 bits per heavy atom. The van der Waals surface area contributed by atoms with Crippen LogP contribution in [0.15, 0.2) is 24.3 Å². The summed E-state index contributed by atoms with van der Waals surface area (Å²) in [5.74, 6) is 0. The van der Waals surface area contributed by atoms with Crippen molar-refractivity contribution in [1.82, 2.24) is 0 Å². The molecule has 0 N–H and O–H groups in total. The van der Waals surface area contributed by atoms with E-state index in [1.165, 1.54) is 57.8 Å². The predicted octanol–water partition coefficient (Wildman–Crippen LogP) is 6.59. The van der Waals surface area contributed by atoms with E-state index in [1.807, 2.05) is 0 Å². The van der Waals surface area contributed by atoms with Gasteiger partial charge in [-0.3, -0.25) is 0 Å². The van der Waals surface area contributed by atoms with Crippen molar-refractivity contribution in [2.75, 3.05) is 0 Å². The van der Waals surface area contributed by atoms with Crippen LogP contribution >= 0.6 is 0 Å². The smallest absolute Gasteiger partial charge is 0.0876 e. The minimum absolute atomic E-state index is 0.529.